The molecule has 1 aromatic rings. The molecule has 0 aliphatic rings. The van der Waals surface area contributed by atoms with Gasteiger partial charge >= 0.3 is 5.97 Å². The van der Waals surface area contributed by atoms with Gasteiger partial charge in [-0.3, -0.25) is 4.79 Å². The van der Waals surface area contributed by atoms with Gasteiger partial charge in [0, 0.05) is 5.56 Å². The Hall–Kier alpha value is -2.14. The maximum Gasteiger partial charge on any atom is 0.326 e. The highest BCUT2D eigenvalue weighted by Gasteiger charge is 2.19. The lowest BCUT2D eigenvalue weighted by atomic mass is 10.1. The van der Waals surface area contributed by atoms with Crippen molar-refractivity contribution >= 4 is 18.0 Å². The first kappa shape index (κ1) is 15.9. The van der Waals surface area contributed by atoms with Crippen LogP contribution in [-0.2, 0) is 4.79 Å². The topological polar surface area (TPSA) is 92.4 Å². The Morgan fingerprint density at radius 2 is 1.95 bits per heavy atom. The van der Waals surface area contributed by atoms with Crippen molar-refractivity contribution in [2.24, 2.45) is 5.73 Å². The van der Waals surface area contributed by atoms with Crippen molar-refractivity contribution < 1.29 is 14.7 Å². The van der Waals surface area contributed by atoms with Gasteiger partial charge in [-0.25, -0.2) is 4.79 Å². The van der Waals surface area contributed by atoms with Gasteiger partial charge < -0.3 is 16.2 Å². The van der Waals surface area contributed by atoms with Gasteiger partial charge in [0.25, 0.3) is 5.91 Å². The summed E-state index contributed by atoms with van der Waals surface area (Å²) in [5.41, 5.74) is 6.70. The third-order valence-corrected chi connectivity index (χ3v) is 2.96. The van der Waals surface area contributed by atoms with Gasteiger partial charge in [-0.15, -0.1) is 0 Å². The smallest absolute Gasteiger partial charge is 0.326 e. The summed E-state index contributed by atoms with van der Waals surface area (Å²) < 4.78 is 0. The lowest BCUT2D eigenvalue weighted by Gasteiger charge is -2.14. The molecule has 0 aliphatic carbocycles. The summed E-state index contributed by atoms with van der Waals surface area (Å²) in [5.74, 6) is -1.42. The largest absolute Gasteiger partial charge is 0.480 e. The minimum absolute atomic E-state index is 0.378. The number of aliphatic carboxylic acids is 1. The summed E-state index contributed by atoms with van der Waals surface area (Å²) in [6, 6.07) is 5.92. The molecular formula is C15H20N2O3. The number of carboxylic acid groups (broad SMARTS) is 1. The summed E-state index contributed by atoms with van der Waals surface area (Å²) in [7, 11) is 0. The summed E-state index contributed by atoms with van der Waals surface area (Å²) in [4.78, 5) is 23.1. The van der Waals surface area contributed by atoms with Gasteiger partial charge in [-0.1, -0.05) is 24.8 Å². The minimum atomic E-state index is -1.03. The van der Waals surface area contributed by atoms with E-state index in [0.717, 1.165) is 12.0 Å². The van der Waals surface area contributed by atoms with Crippen LogP contribution in [0, 0.1) is 0 Å². The molecule has 5 nitrogen and oxygen atoms in total. The van der Waals surface area contributed by atoms with Gasteiger partial charge in [0.15, 0.2) is 0 Å². The number of hydrogen-bond acceptors (Lipinski definition) is 3. The Kier molecular flexibility index (Phi) is 6.46. The molecule has 0 aromatic heterocycles. The number of carbonyl (C=O) groups is 2. The fourth-order valence-corrected chi connectivity index (χ4v) is 1.76. The van der Waals surface area contributed by atoms with Crippen LogP contribution in [0.2, 0.25) is 0 Å². The number of nitrogens with two attached hydrogens (primary N) is 1. The van der Waals surface area contributed by atoms with Crippen LogP contribution in [0.15, 0.2) is 30.8 Å². The van der Waals surface area contributed by atoms with E-state index in [1.54, 1.807) is 30.3 Å². The average Bonchev–Trinajstić information content (AvgIpc) is 2.46. The van der Waals surface area contributed by atoms with Crippen LogP contribution in [-0.4, -0.2) is 29.6 Å². The van der Waals surface area contributed by atoms with Crippen molar-refractivity contribution in [1.29, 1.82) is 0 Å². The third kappa shape index (κ3) is 4.85. The van der Waals surface area contributed by atoms with Crippen molar-refractivity contribution in [1.82, 2.24) is 5.32 Å². The highest BCUT2D eigenvalue weighted by Crippen LogP contribution is 2.07. The van der Waals surface area contributed by atoms with Crippen LogP contribution in [0.1, 0.15) is 35.2 Å². The Morgan fingerprint density at radius 1 is 1.30 bits per heavy atom. The number of nitrogens with one attached hydrogen (secondary N) is 1. The Morgan fingerprint density at radius 3 is 2.45 bits per heavy atom. The lowest BCUT2D eigenvalue weighted by Crippen LogP contribution is -2.40. The highest BCUT2D eigenvalue weighted by molar-refractivity contribution is 5.96. The van der Waals surface area contributed by atoms with Gasteiger partial charge in [0.1, 0.15) is 6.04 Å². The van der Waals surface area contributed by atoms with Crippen molar-refractivity contribution in [2.75, 3.05) is 6.54 Å². The standard InChI is InChI=1S/C15H20N2O3/c1-2-11-6-8-12(9-7-11)14(18)17-13(15(19)20)5-3-4-10-16/h2,6-9,13H,1,3-5,10,16H2,(H,17,18)(H,19,20). The molecule has 1 aromatic carbocycles. The van der Waals surface area contributed by atoms with Crippen LogP contribution in [0.5, 0.6) is 0 Å². The first-order valence-corrected chi connectivity index (χ1v) is 6.54. The number of amides is 1. The van der Waals surface area contributed by atoms with Gasteiger partial charge in [-0.05, 0) is 43.5 Å². The van der Waals surface area contributed by atoms with E-state index in [9.17, 15) is 9.59 Å². The van der Waals surface area contributed by atoms with Crippen molar-refractivity contribution in [3.63, 3.8) is 0 Å². The second-order valence-electron chi connectivity index (χ2n) is 4.47. The maximum atomic E-state index is 12.0. The monoisotopic (exact) mass is 276 g/mol. The minimum Gasteiger partial charge on any atom is -0.480 e. The number of carbonyl (C=O) groups excluding carboxylic acids is 1. The summed E-state index contributed by atoms with van der Waals surface area (Å²) >= 11 is 0. The van der Waals surface area contributed by atoms with Gasteiger partial charge in [0.2, 0.25) is 0 Å². The predicted octanol–water partition coefficient (Wildman–Crippen LogP) is 1.64. The van der Waals surface area contributed by atoms with Gasteiger partial charge in [-0.2, -0.15) is 0 Å². The molecule has 0 aliphatic heterocycles. The van der Waals surface area contributed by atoms with E-state index in [0.29, 0.717) is 24.9 Å². The molecule has 5 heteroatoms. The van der Waals surface area contributed by atoms with Crippen molar-refractivity contribution in [2.45, 2.75) is 25.3 Å². The molecule has 108 valence electrons. The molecule has 0 heterocycles. The first-order chi connectivity index (χ1) is 9.58. The fraction of sp³-hybridized carbons (Fsp3) is 0.333. The third-order valence-electron chi connectivity index (χ3n) is 2.96. The molecule has 1 amide bonds. The molecule has 0 saturated carbocycles. The Labute approximate surface area is 118 Å². The number of rotatable bonds is 8. The molecule has 0 bridgehead atoms. The number of benzene rings is 1. The zero-order valence-electron chi connectivity index (χ0n) is 11.3. The van der Waals surface area contributed by atoms with Gasteiger partial charge in [0.05, 0.1) is 0 Å². The SMILES string of the molecule is C=Cc1ccc(C(=O)NC(CCCCN)C(=O)O)cc1. The van der Waals surface area contributed by atoms with Crippen molar-refractivity contribution in [3.05, 3.63) is 42.0 Å². The zero-order chi connectivity index (χ0) is 15.0. The molecule has 0 radical (unpaired) electrons. The second kappa shape index (κ2) is 8.12. The number of carboxylic acids is 1. The van der Waals surface area contributed by atoms with Crippen LogP contribution in [0.4, 0.5) is 0 Å². The maximum absolute atomic E-state index is 12.0. The molecule has 1 atom stereocenters. The molecule has 4 N–H and O–H groups in total. The van der Waals surface area contributed by atoms with E-state index in [-0.39, 0.29) is 5.91 Å². The van der Waals surface area contributed by atoms with E-state index in [1.807, 2.05) is 0 Å². The van der Waals surface area contributed by atoms with E-state index in [4.69, 9.17) is 10.8 Å². The number of unbranched alkanes of at least 4 members (excludes halogenated alkanes) is 1. The second-order valence-corrected chi connectivity index (χ2v) is 4.47. The average molecular weight is 276 g/mol. The molecule has 1 unspecified atom stereocenters. The summed E-state index contributed by atoms with van der Waals surface area (Å²) in [6.45, 7) is 4.15. The van der Waals surface area contributed by atoms with E-state index < -0.39 is 12.0 Å². The fourth-order valence-electron chi connectivity index (χ4n) is 1.76. The molecule has 0 spiro atoms. The Balaban J connectivity index is 2.64. The molecule has 20 heavy (non-hydrogen) atoms. The number of hydrogen-bond donors (Lipinski definition) is 3. The quantitative estimate of drug-likeness (QED) is 0.629. The van der Waals surface area contributed by atoms with E-state index >= 15 is 0 Å². The van der Waals surface area contributed by atoms with Crippen LogP contribution >= 0.6 is 0 Å². The van der Waals surface area contributed by atoms with Crippen LogP contribution in [0.25, 0.3) is 6.08 Å². The lowest BCUT2D eigenvalue weighted by molar-refractivity contribution is -0.139. The molecule has 0 saturated heterocycles. The highest BCUT2D eigenvalue weighted by atomic mass is 16.4. The summed E-state index contributed by atoms with van der Waals surface area (Å²) in [6.07, 6.45) is 3.47. The predicted molar refractivity (Wildman–Crippen MR) is 78.3 cm³/mol. The van der Waals surface area contributed by atoms with Crippen molar-refractivity contribution in [3.8, 4) is 0 Å². The molecular weight excluding hydrogens is 256 g/mol. The normalized spacial score (nSPS) is 11.7. The van der Waals surface area contributed by atoms with E-state index in [2.05, 4.69) is 11.9 Å². The van der Waals surface area contributed by atoms with Crippen LogP contribution in [0.3, 0.4) is 0 Å². The van der Waals surface area contributed by atoms with E-state index in [1.165, 1.54) is 0 Å². The molecule has 0 fully saturated rings. The zero-order valence-corrected chi connectivity index (χ0v) is 11.3. The Bertz CT molecular complexity index is 469. The molecule has 1 rings (SSSR count). The van der Waals surface area contributed by atoms with Crippen LogP contribution < -0.4 is 11.1 Å². The first-order valence-electron chi connectivity index (χ1n) is 6.54. The summed E-state index contributed by atoms with van der Waals surface area (Å²) in [5, 5.41) is 11.6.